The van der Waals surface area contributed by atoms with Crippen LogP contribution in [0.15, 0.2) is 24.3 Å². The zero-order chi connectivity index (χ0) is 12.8. The van der Waals surface area contributed by atoms with E-state index in [1.807, 2.05) is 0 Å². The zero-order valence-corrected chi connectivity index (χ0v) is 11.8. The highest BCUT2D eigenvalue weighted by molar-refractivity contribution is 5.31. The minimum atomic E-state index is 0.227. The Balaban J connectivity index is 1.67. The lowest BCUT2D eigenvalue weighted by Crippen LogP contribution is -2.23. The van der Waals surface area contributed by atoms with Gasteiger partial charge in [0.15, 0.2) is 0 Å². The van der Waals surface area contributed by atoms with E-state index in [0.717, 1.165) is 17.6 Å². The molecular formula is C17H24O. The van der Waals surface area contributed by atoms with E-state index in [4.69, 9.17) is 4.74 Å². The lowest BCUT2D eigenvalue weighted by molar-refractivity contribution is 0.138. The molecule has 0 aliphatic heterocycles. The van der Waals surface area contributed by atoms with E-state index in [2.05, 4.69) is 45.0 Å². The third kappa shape index (κ3) is 2.28. The first kappa shape index (κ1) is 12.1. The van der Waals surface area contributed by atoms with Crippen molar-refractivity contribution in [2.75, 3.05) is 0 Å². The molecule has 0 saturated heterocycles. The maximum Gasteiger partial charge on any atom is 0.119 e. The van der Waals surface area contributed by atoms with Crippen LogP contribution in [0.4, 0.5) is 0 Å². The van der Waals surface area contributed by atoms with Crippen molar-refractivity contribution in [3.63, 3.8) is 0 Å². The van der Waals surface area contributed by atoms with Gasteiger partial charge in [0.25, 0.3) is 0 Å². The third-order valence-corrected chi connectivity index (χ3v) is 4.68. The molecule has 1 nitrogen and oxygen atoms in total. The van der Waals surface area contributed by atoms with Crippen molar-refractivity contribution in [2.45, 2.75) is 58.0 Å². The summed E-state index contributed by atoms with van der Waals surface area (Å²) in [5.41, 5.74) is 1.60. The standard InChI is InChI=1S/C17H24O/c1-17(2,3)14-6-8-15(9-7-14)18-16-11-12-4-5-13(16)10-12/h6-9,12-13,16H,4-5,10-11H2,1-3H3/t12-,13+,16+/m1/s1. The first-order valence-corrected chi connectivity index (χ1v) is 7.29. The van der Waals surface area contributed by atoms with Crippen LogP contribution in [-0.4, -0.2) is 6.10 Å². The van der Waals surface area contributed by atoms with Gasteiger partial charge in [-0.2, -0.15) is 0 Å². The van der Waals surface area contributed by atoms with Crippen molar-refractivity contribution in [1.82, 2.24) is 0 Å². The van der Waals surface area contributed by atoms with Crippen LogP contribution in [-0.2, 0) is 5.41 Å². The summed E-state index contributed by atoms with van der Waals surface area (Å²) in [6.45, 7) is 6.75. The highest BCUT2D eigenvalue weighted by atomic mass is 16.5. The van der Waals surface area contributed by atoms with Crippen LogP contribution < -0.4 is 4.74 Å². The van der Waals surface area contributed by atoms with Gasteiger partial charge in [0.2, 0.25) is 0 Å². The molecule has 3 rings (SSSR count). The second kappa shape index (κ2) is 4.29. The van der Waals surface area contributed by atoms with Gasteiger partial charge in [0, 0.05) is 0 Å². The van der Waals surface area contributed by atoms with Gasteiger partial charge in [-0.1, -0.05) is 32.9 Å². The molecule has 18 heavy (non-hydrogen) atoms. The molecule has 0 spiro atoms. The molecule has 1 aromatic carbocycles. The van der Waals surface area contributed by atoms with Gasteiger partial charge in [-0.3, -0.25) is 0 Å². The molecule has 1 heteroatoms. The molecule has 0 N–H and O–H groups in total. The Bertz CT molecular complexity index is 412. The van der Waals surface area contributed by atoms with Crippen LogP contribution in [0.25, 0.3) is 0 Å². The summed E-state index contributed by atoms with van der Waals surface area (Å²) < 4.78 is 6.18. The van der Waals surface area contributed by atoms with Gasteiger partial charge in [0.05, 0.1) is 0 Å². The smallest absolute Gasteiger partial charge is 0.119 e. The molecule has 2 bridgehead atoms. The Kier molecular flexibility index (Phi) is 2.88. The minimum absolute atomic E-state index is 0.227. The predicted octanol–water partition coefficient (Wildman–Crippen LogP) is 4.55. The lowest BCUT2D eigenvalue weighted by Gasteiger charge is -2.24. The summed E-state index contributed by atoms with van der Waals surface area (Å²) in [6.07, 6.45) is 6.00. The topological polar surface area (TPSA) is 9.23 Å². The maximum absolute atomic E-state index is 6.18. The van der Waals surface area contributed by atoms with Crippen molar-refractivity contribution in [1.29, 1.82) is 0 Å². The SMILES string of the molecule is CC(C)(C)c1ccc(O[C@H]2C[C@@H]3CC[C@H]2C3)cc1. The number of benzene rings is 1. The fraction of sp³-hybridized carbons (Fsp3) is 0.647. The van der Waals surface area contributed by atoms with Crippen LogP contribution in [0.1, 0.15) is 52.0 Å². The van der Waals surface area contributed by atoms with E-state index >= 15 is 0 Å². The fourth-order valence-electron chi connectivity index (χ4n) is 3.54. The molecule has 0 radical (unpaired) electrons. The Morgan fingerprint density at radius 3 is 2.22 bits per heavy atom. The van der Waals surface area contributed by atoms with Crippen molar-refractivity contribution in [3.05, 3.63) is 29.8 Å². The fourth-order valence-corrected chi connectivity index (χ4v) is 3.54. The Labute approximate surface area is 111 Å². The van der Waals surface area contributed by atoms with E-state index < -0.39 is 0 Å². The molecule has 0 heterocycles. The van der Waals surface area contributed by atoms with Crippen LogP contribution in [0.3, 0.4) is 0 Å². The van der Waals surface area contributed by atoms with E-state index in [0.29, 0.717) is 6.10 Å². The quantitative estimate of drug-likeness (QED) is 0.741. The zero-order valence-electron chi connectivity index (χ0n) is 11.8. The average molecular weight is 244 g/mol. The number of fused-ring (bicyclic) bond motifs is 2. The van der Waals surface area contributed by atoms with Gasteiger partial charge >= 0.3 is 0 Å². The largest absolute Gasteiger partial charge is 0.490 e. The average Bonchev–Trinajstić information content (AvgIpc) is 2.90. The van der Waals surface area contributed by atoms with Crippen molar-refractivity contribution in [2.24, 2.45) is 11.8 Å². The third-order valence-electron chi connectivity index (χ3n) is 4.68. The van der Waals surface area contributed by atoms with Gasteiger partial charge in [-0.05, 0) is 60.6 Å². The minimum Gasteiger partial charge on any atom is -0.490 e. The summed E-state index contributed by atoms with van der Waals surface area (Å²) in [7, 11) is 0. The molecule has 2 saturated carbocycles. The molecule has 1 aromatic rings. The summed E-state index contributed by atoms with van der Waals surface area (Å²) in [6, 6.07) is 8.71. The van der Waals surface area contributed by atoms with Crippen molar-refractivity contribution in [3.8, 4) is 5.75 Å². The van der Waals surface area contributed by atoms with Gasteiger partial charge in [-0.25, -0.2) is 0 Å². The Hall–Kier alpha value is -0.980. The van der Waals surface area contributed by atoms with Crippen molar-refractivity contribution >= 4 is 0 Å². The number of hydrogen-bond donors (Lipinski definition) is 0. The highest BCUT2D eigenvalue weighted by Gasteiger charge is 2.40. The number of hydrogen-bond acceptors (Lipinski definition) is 1. The van der Waals surface area contributed by atoms with Crippen LogP contribution in [0.5, 0.6) is 5.75 Å². The molecule has 98 valence electrons. The molecule has 2 aliphatic carbocycles. The van der Waals surface area contributed by atoms with E-state index in [1.165, 1.54) is 31.2 Å². The van der Waals surface area contributed by atoms with E-state index in [-0.39, 0.29) is 5.41 Å². The van der Waals surface area contributed by atoms with Gasteiger partial charge < -0.3 is 4.74 Å². The molecule has 0 unspecified atom stereocenters. The van der Waals surface area contributed by atoms with Crippen LogP contribution in [0.2, 0.25) is 0 Å². The van der Waals surface area contributed by atoms with Gasteiger partial charge in [-0.15, -0.1) is 0 Å². The normalized spacial score (nSPS) is 30.7. The molecule has 0 aromatic heterocycles. The number of rotatable bonds is 2. The summed E-state index contributed by atoms with van der Waals surface area (Å²) in [4.78, 5) is 0. The monoisotopic (exact) mass is 244 g/mol. The Morgan fingerprint density at radius 1 is 1.00 bits per heavy atom. The maximum atomic E-state index is 6.18. The Morgan fingerprint density at radius 2 is 1.72 bits per heavy atom. The van der Waals surface area contributed by atoms with Crippen molar-refractivity contribution < 1.29 is 4.74 Å². The highest BCUT2D eigenvalue weighted by Crippen LogP contribution is 2.46. The summed E-state index contributed by atoms with van der Waals surface area (Å²) >= 11 is 0. The number of ether oxygens (including phenoxy) is 1. The second-order valence-corrected chi connectivity index (χ2v) is 7.11. The second-order valence-electron chi connectivity index (χ2n) is 7.11. The van der Waals surface area contributed by atoms with E-state index in [9.17, 15) is 0 Å². The first-order chi connectivity index (χ1) is 8.52. The van der Waals surface area contributed by atoms with Crippen LogP contribution in [0, 0.1) is 11.8 Å². The van der Waals surface area contributed by atoms with Gasteiger partial charge in [0.1, 0.15) is 11.9 Å². The predicted molar refractivity (Wildman–Crippen MR) is 75.0 cm³/mol. The molecule has 2 fully saturated rings. The molecular weight excluding hydrogens is 220 g/mol. The van der Waals surface area contributed by atoms with Crippen LogP contribution >= 0.6 is 0 Å². The summed E-state index contributed by atoms with van der Waals surface area (Å²) in [5.74, 6) is 2.84. The first-order valence-electron chi connectivity index (χ1n) is 7.29. The molecule has 2 aliphatic rings. The van der Waals surface area contributed by atoms with E-state index in [1.54, 1.807) is 0 Å². The molecule has 0 amide bonds. The molecule has 3 atom stereocenters. The summed E-state index contributed by atoms with van der Waals surface area (Å²) in [5, 5.41) is 0. The lowest BCUT2D eigenvalue weighted by atomic mass is 9.87.